The van der Waals surface area contributed by atoms with Gasteiger partial charge in [0.15, 0.2) is 5.96 Å². The Morgan fingerprint density at radius 2 is 1.40 bits per heavy atom. The van der Waals surface area contributed by atoms with Crippen LogP contribution in [0.2, 0.25) is 0 Å². The molecule has 8 nitrogen and oxygen atoms in total. The number of likely N-dealkylation sites (tertiary alicyclic amines) is 1. The highest BCUT2D eigenvalue weighted by Gasteiger charge is 2.08. The SMILES string of the molecule is NC(N)=NCc1ccc(CN2CCCCCCC2)cc1.O=S(=O)(O)O. The van der Waals surface area contributed by atoms with Gasteiger partial charge in [-0.25, -0.2) is 4.99 Å². The van der Waals surface area contributed by atoms with Crippen LogP contribution in [0.25, 0.3) is 0 Å². The summed E-state index contributed by atoms with van der Waals surface area (Å²) in [5, 5.41) is 0. The topological polar surface area (TPSA) is 142 Å². The Morgan fingerprint density at radius 1 is 0.960 bits per heavy atom. The van der Waals surface area contributed by atoms with Crippen molar-refractivity contribution in [3.05, 3.63) is 35.4 Å². The predicted molar refractivity (Wildman–Crippen MR) is 98.5 cm³/mol. The van der Waals surface area contributed by atoms with E-state index in [0.717, 1.165) is 12.1 Å². The van der Waals surface area contributed by atoms with Crippen molar-refractivity contribution >= 4 is 16.4 Å². The Morgan fingerprint density at radius 3 is 1.88 bits per heavy atom. The summed E-state index contributed by atoms with van der Waals surface area (Å²) in [6.45, 7) is 4.08. The van der Waals surface area contributed by atoms with Crippen LogP contribution in [0.3, 0.4) is 0 Å². The maximum Gasteiger partial charge on any atom is 0.394 e. The van der Waals surface area contributed by atoms with Crippen LogP contribution in [0.5, 0.6) is 0 Å². The van der Waals surface area contributed by atoms with Crippen molar-refractivity contribution in [1.29, 1.82) is 0 Å². The van der Waals surface area contributed by atoms with Gasteiger partial charge < -0.3 is 11.5 Å². The molecule has 0 atom stereocenters. The van der Waals surface area contributed by atoms with E-state index in [2.05, 4.69) is 34.2 Å². The molecule has 9 heteroatoms. The molecule has 0 amide bonds. The van der Waals surface area contributed by atoms with Crippen molar-refractivity contribution in [1.82, 2.24) is 4.90 Å². The number of nitrogens with zero attached hydrogens (tertiary/aromatic N) is 2. The van der Waals surface area contributed by atoms with Gasteiger partial charge in [-0.2, -0.15) is 8.42 Å². The van der Waals surface area contributed by atoms with E-state index in [1.807, 2.05) is 0 Å². The summed E-state index contributed by atoms with van der Waals surface area (Å²) in [5.41, 5.74) is 13.2. The molecule has 0 aromatic heterocycles. The Kier molecular flexibility index (Phi) is 9.43. The molecule has 0 aliphatic carbocycles. The minimum absolute atomic E-state index is 0.148. The summed E-state index contributed by atoms with van der Waals surface area (Å²) in [7, 11) is -4.67. The Bertz CT molecular complexity index is 612. The molecule has 0 saturated carbocycles. The van der Waals surface area contributed by atoms with Crippen molar-refractivity contribution in [2.45, 2.75) is 45.2 Å². The molecule has 1 heterocycles. The van der Waals surface area contributed by atoms with Gasteiger partial charge >= 0.3 is 10.4 Å². The van der Waals surface area contributed by atoms with E-state index in [1.165, 1.54) is 50.8 Å². The smallest absolute Gasteiger partial charge is 0.370 e. The summed E-state index contributed by atoms with van der Waals surface area (Å²) in [6.07, 6.45) is 6.85. The van der Waals surface area contributed by atoms with Crippen molar-refractivity contribution in [2.24, 2.45) is 16.5 Å². The highest BCUT2D eigenvalue weighted by atomic mass is 32.3. The lowest BCUT2D eigenvalue weighted by molar-refractivity contribution is 0.240. The van der Waals surface area contributed by atoms with E-state index < -0.39 is 10.4 Å². The van der Waals surface area contributed by atoms with Gasteiger partial charge in [-0.15, -0.1) is 0 Å². The van der Waals surface area contributed by atoms with E-state index in [1.54, 1.807) is 0 Å². The number of benzene rings is 1. The van der Waals surface area contributed by atoms with Crippen LogP contribution in [0.1, 0.15) is 43.2 Å². The summed E-state index contributed by atoms with van der Waals surface area (Å²) in [4.78, 5) is 6.60. The standard InChI is InChI=1S/C16H26N4.H2O4S/c17-16(18)19-12-14-6-8-15(9-7-14)13-20-10-4-2-1-3-5-11-20;1-5(2,3)4/h6-9H,1-5,10-13H2,(H4,17,18,19);(H2,1,2,3,4). The molecule has 1 aliphatic rings. The first-order valence-electron chi connectivity index (χ1n) is 8.29. The van der Waals surface area contributed by atoms with Crippen molar-refractivity contribution in [3.63, 3.8) is 0 Å². The monoisotopic (exact) mass is 372 g/mol. The first-order chi connectivity index (χ1) is 11.7. The largest absolute Gasteiger partial charge is 0.394 e. The quantitative estimate of drug-likeness (QED) is 0.357. The molecule has 1 fully saturated rings. The normalized spacial score (nSPS) is 16.1. The molecular formula is C16H28N4O4S. The van der Waals surface area contributed by atoms with Crippen LogP contribution in [0.15, 0.2) is 29.3 Å². The van der Waals surface area contributed by atoms with Gasteiger partial charge in [0.2, 0.25) is 0 Å². The Balaban J connectivity index is 0.000000550. The van der Waals surface area contributed by atoms with Crippen LogP contribution >= 0.6 is 0 Å². The number of nitrogens with two attached hydrogens (primary N) is 2. The molecule has 0 bridgehead atoms. The van der Waals surface area contributed by atoms with Crippen LogP contribution in [-0.2, 0) is 23.5 Å². The second-order valence-corrected chi connectivity index (χ2v) is 6.95. The van der Waals surface area contributed by atoms with Crippen LogP contribution < -0.4 is 11.5 Å². The molecule has 0 spiro atoms. The minimum atomic E-state index is -4.67. The molecule has 0 radical (unpaired) electrons. The first-order valence-corrected chi connectivity index (χ1v) is 9.69. The number of rotatable bonds is 4. The maximum absolute atomic E-state index is 8.74. The van der Waals surface area contributed by atoms with E-state index in [-0.39, 0.29) is 5.96 Å². The molecule has 6 N–H and O–H groups in total. The molecule has 142 valence electrons. The number of hydrogen-bond donors (Lipinski definition) is 4. The van der Waals surface area contributed by atoms with Gasteiger partial charge in [-0.05, 0) is 37.1 Å². The fourth-order valence-corrected chi connectivity index (χ4v) is 2.66. The van der Waals surface area contributed by atoms with E-state index >= 15 is 0 Å². The average Bonchev–Trinajstić information content (AvgIpc) is 2.47. The van der Waals surface area contributed by atoms with Gasteiger partial charge in [0.25, 0.3) is 0 Å². The van der Waals surface area contributed by atoms with Crippen molar-refractivity contribution in [2.75, 3.05) is 13.1 Å². The summed E-state index contributed by atoms with van der Waals surface area (Å²) in [5.74, 6) is 0.148. The minimum Gasteiger partial charge on any atom is -0.370 e. The van der Waals surface area contributed by atoms with E-state index in [0.29, 0.717) is 6.54 Å². The molecule has 1 aromatic carbocycles. The number of aliphatic imine (C=N–C) groups is 1. The number of hydrogen-bond acceptors (Lipinski definition) is 4. The van der Waals surface area contributed by atoms with Crippen LogP contribution in [0.4, 0.5) is 0 Å². The second-order valence-electron chi connectivity index (χ2n) is 6.05. The van der Waals surface area contributed by atoms with Crippen molar-refractivity contribution < 1.29 is 17.5 Å². The molecular weight excluding hydrogens is 344 g/mol. The molecule has 1 aliphatic heterocycles. The lowest BCUT2D eigenvalue weighted by atomic mass is 10.1. The third-order valence-corrected chi connectivity index (χ3v) is 3.82. The van der Waals surface area contributed by atoms with Gasteiger partial charge in [-0.3, -0.25) is 14.0 Å². The Labute approximate surface area is 149 Å². The summed E-state index contributed by atoms with van der Waals surface area (Å²) in [6, 6.07) is 8.62. The molecule has 1 saturated heterocycles. The lowest BCUT2D eigenvalue weighted by Gasteiger charge is -2.24. The molecule has 1 aromatic rings. The fraction of sp³-hybridized carbons (Fsp3) is 0.562. The fourth-order valence-electron chi connectivity index (χ4n) is 2.66. The van der Waals surface area contributed by atoms with Crippen LogP contribution in [-0.4, -0.2) is 41.5 Å². The van der Waals surface area contributed by atoms with E-state index in [9.17, 15) is 0 Å². The first kappa shape index (κ1) is 21.4. The zero-order valence-electron chi connectivity index (χ0n) is 14.3. The molecule has 25 heavy (non-hydrogen) atoms. The Hall–Kier alpha value is -1.68. The lowest BCUT2D eigenvalue weighted by Crippen LogP contribution is -2.26. The van der Waals surface area contributed by atoms with Gasteiger partial charge in [0.1, 0.15) is 0 Å². The van der Waals surface area contributed by atoms with E-state index in [4.69, 9.17) is 29.0 Å². The maximum atomic E-state index is 8.74. The van der Waals surface area contributed by atoms with Crippen LogP contribution in [0, 0.1) is 0 Å². The van der Waals surface area contributed by atoms with Gasteiger partial charge in [0, 0.05) is 6.54 Å². The van der Waals surface area contributed by atoms with Crippen molar-refractivity contribution in [3.8, 4) is 0 Å². The molecule has 0 unspecified atom stereocenters. The zero-order valence-corrected chi connectivity index (χ0v) is 15.2. The summed E-state index contributed by atoms with van der Waals surface area (Å²) < 4.78 is 31.6. The number of guanidine groups is 1. The predicted octanol–water partition coefficient (Wildman–Crippen LogP) is 1.57. The second kappa shape index (κ2) is 11.0. The third kappa shape index (κ3) is 12.3. The highest BCUT2D eigenvalue weighted by Crippen LogP contribution is 2.14. The zero-order chi connectivity index (χ0) is 18.7. The third-order valence-electron chi connectivity index (χ3n) is 3.82. The summed E-state index contributed by atoms with van der Waals surface area (Å²) >= 11 is 0. The molecule has 2 rings (SSSR count). The average molecular weight is 372 g/mol. The van der Waals surface area contributed by atoms with Gasteiger partial charge in [-0.1, -0.05) is 43.5 Å². The van der Waals surface area contributed by atoms with Gasteiger partial charge in [0.05, 0.1) is 6.54 Å². The highest BCUT2D eigenvalue weighted by molar-refractivity contribution is 7.79.